The Morgan fingerprint density at radius 2 is 2.09 bits per heavy atom. The van der Waals surface area contributed by atoms with Gasteiger partial charge in [0.15, 0.2) is 6.23 Å². The van der Waals surface area contributed by atoms with Crippen molar-refractivity contribution in [2.24, 2.45) is 0 Å². The van der Waals surface area contributed by atoms with E-state index in [9.17, 15) is 29.7 Å². The number of carbonyl (C=O) groups excluding carboxylic acids is 1. The molecule has 0 spiro atoms. The lowest BCUT2D eigenvalue weighted by Gasteiger charge is -2.16. The fourth-order valence-corrected chi connectivity index (χ4v) is 2.02. The van der Waals surface area contributed by atoms with Gasteiger partial charge in [0, 0.05) is 12.3 Å². The zero-order valence-electron chi connectivity index (χ0n) is 11.4. The van der Waals surface area contributed by atoms with E-state index >= 15 is 0 Å². The van der Waals surface area contributed by atoms with Crippen LogP contribution in [-0.2, 0) is 14.3 Å². The minimum absolute atomic E-state index is 0.640. The van der Waals surface area contributed by atoms with Gasteiger partial charge in [-0.3, -0.25) is 14.3 Å². The number of aliphatic hydroxyl groups excluding tert-OH is 3. The Kier molecular flexibility index (Phi) is 4.45. The minimum atomic E-state index is -1.59. The molecule has 1 aromatic heterocycles. The van der Waals surface area contributed by atoms with Gasteiger partial charge in [-0.2, -0.15) is 0 Å². The van der Waals surface area contributed by atoms with E-state index in [-0.39, 0.29) is 0 Å². The molecule has 0 aromatic carbocycles. The van der Waals surface area contributed by atoms with Crippen LogP contribution in [0.2, 0.25) is 0 Å². The largest absolute Gasteiger partial charge is 0.509 e. The molecular formula is C12H14N2O8. The molecule has 2 rings (SSSR count). The van der Waals surface area contributed by atoms with Crippen molar-refractivity contribution in [3.05, 3.63) is 44.9 Å². The highest BCUT2D eigenvalue weighted by molar-refractivity contribution is 5.82. The predicted molar refractivity (Wildman–Crippen MR) is 70.0 cm³/mol. The van der Waals surface area contributed by atoms with Gasteiger partial charge in [-0.25, -0.2) is 9.59 Å². The number of nitrogens with zero attached hydrogens (tertiary/aromatic N) is 1. The van der Waals surface area contributed by atoms with Gasteiger partial charge in [0.25, 0.3) is 5.56 Å². The molecule has 1 saturated heterocycles. The number of carbonyl (C=O) groups is 1. The van der Waals surface area contributed by atoms with E-state index in [1.165, 1.54) is 0 Å². The fourth-order valence-electron chi connectivity index (χ4n) is 2.02. The van der Waals surface area contributed by atoms with Crippen molar-refractivity contribution < 1.29 is 29.6 Å². The molecule has 1 aliphatic rings. The van der Waals surface area contributed by atoms with Gasteiger partial charge < -0.3 is 24.8 Å². The molecule has 10 heteroatoms. The first kappa shape index (κ1) is 15.9. The zero-order chi connectivity index (χ0) is 16.4. The van der Waals surface area contributed by atoms with Gasteiger partial charge in [-0.05, 0) is 0 Å². The Bertz CT molecular complexity index is 706. The highest BCUT2D eigenvalue weighted by atomic mass is 16.6. The topological polar surface area (TPSA) is 151 Å². The number of aliphatic hydroxyl groups is 3. The molecule has 10 nitrogen and oxygen atoms in total. The Labute approximate surface area is 122 Å². The van der Waals surface area contributed by atoms with E-state index in [1.54, 1.807) is 0 Å². The maximum Gasteiger partial charge on any atom is 0.333 e. The summed E-state index contributed by atoms with van der Waals surface area (Å²) in [5.41, 5.74) is -1.50. The van der Waals surface area contributed by atoms with Crippen molar-refractivity contribution in [1.29, 1.82) is 0 Å². The van der Waals surface area contributed by atoms with Crippen LogP contribution in [-0.4, -0.2) is 56.3 Å². The summed E-state index contributed by atoms with van der Waals surface area (Å²) in [4.78, 5) is 35.7. The summed E-state index contributed by atoms with van der Waals surface area (Å²) in [6.07, 6.45) is -4.19. The maximum absolute atomic E-state index is 11.7. The molecule has 0 unspecified atom stereocenters. The molecule has 4 N–H and O–H groups in total. The Morgan fingerprint density at radius 1 is 1.41 bits per heavy atom. The second kappa shape index (κ2) is 6.13. The van der Waals surface area contributed by atoms with Crippen LogP contribution in [0.5, 0.6) is 0 Å². The molecule has 22 heavy (non-hydrogen) atoms. The van der Waals surface area contributed by atoms with Crippen LogP contribution in [0.15, 0.2) is 33.7 Å². The van der Waals surface area contributed by atoms with E-state index in [0.717, 1.165) is 23.9 Å². The fraction of sp³-hybridized carbons (Fsp3) is 0.417. The SMILES string of the molecule is COC(=O)/C=C(/O)[C@H]1O[C@@H](n2ccc(=O)[nH]c2=O)[C@H](O)[C@@H]1O. The molecule has 0 saturated carbocycles. The molecule has 0 bridgehead atoms. The molecule has 1 aromatic rings. The monoisotopic (exact) mass is 314 g/mol. The summed E-state index contributed by atoms with van der Waals surface area (Å²) in [6, 6.07) is 1.03. The number of ether oxygens (including phenoxy) is 2. The lowest BCUT2D eigenvalue weighted by Crippen LogP contribution is -2.37. The molecule has 0 radical (unpaired) electrons. The summed E-state index contributed by atoms with van der Waals surface area (Å²) < 4.78 is 10.4. The number of hydrogen-bond acceptors (Lipinski definition) is 8. The summed E-state index contributed by atoms with van der Waals surface area (Å²) in [5.74, 6) is -1.55. The molecule has 0 amide bonds. The predicted octanol–water partition coefficient (Wildman–Crippen LogP) is -2.23. The lowest BCUT2D eigenvalue weighted by molar-refractivity contribution is -0.135. The van der Waals surface area contributed by atoms with Crippen LogP contribution in [0.25, 0.3) is 0 Å². The van der Waals surface area contributed by atoms with Crippen LogP contribution >= 0.6 is 0 Å². The molecule has 4 atom stereocenters. The van der Waals surface area contributed by atoms with E-state index in [2.05, 4.69) is 4.74 Å². The Hall–Kier alpha value is -2.43. The molecule has 1 fully saturated rings. The Balaban J connectivity index is 2.30. The number of hydrogen-bond donors (Lipinski definition) is 4. The summed E-state index contributed by atoms with van der Waals surface area (Å²) in [7, 11) is 1.09. The molecule has 0 aliphatic carbocycles. The van der Waals surface area contributed by atoms with Gasteiger partial charge in [0.2, 0.25) is 0 Å². The number of aromatic amines is 1. The molecule has 2 heterocycles. The first-order valence-corrected chi connectivity index (χ1v) is 6.16. The number of esters is 1. The van der Waals surface area contributed by atoms with Crippen LogP contribution in [0.3, 0.4) is 0 Å². The third-order valence-electron chi connectivity index (χ3n) is 3.12. The average molecular weight is 314 g/mol. The first-order chi connectivity index (χ1) is 10.3. The number of rotatable bonds is 3. The van der Waals surface area contributed by atoms with Crippen molar-refractivity contribution in [1.82, 2.24) is 9.55 Å². The van der Waals surface area contributed by atoms with E-state index in [1.807, 2.05) is 4.98 Å². The quantitative estimate of drug-likeness (QED) is 0.278. The maximum atomic E-state index is 11.7. The number of H-pyrrole nitrogens is 1. The van der Waals surface area contributed by atoms with Crippen LogP contribution in [0, 0.1) is 0 Å². The van der Waals surface area contributed by atoms with Gasteiger partial charge >= 0.3 is 11.7 Å². The van der Waals surface area contributed by atoms with Crippen molar-refractivity contribution >= 4 is 5.97 Å². The van der Waals surface area contributed by atoms with Crippen LogP contribution < -0.4 is 11.2 Å². The second-order valence-corrected chi connectivity index (χ2v) is 4.54. The highest BCUT2D eigenvalue weighted by Crippen LogP contribution is 2.31. The van der Waals surface area contributed by atoms with E-state index in [0.29, 0.717) is 6.08 Å². The Morgan fingerprint density at radius 3 is 2.68 bits per heavy atom. The van der Waals surface area contributed by atoms with Gasteiger partial charge in [-0.15, -0.1) is 0 Å². The number of methoxy groups -OCH3 is 1. The molecule has 120 valence electrons. The smallest absolute Gasteiger partial charge is 0.333 e. The van der Waals surface area contributed by atoms with Crippen molar-refractivity contribution in [3.8, 4) is 0 Å². The van der Waals surface area contributed by atoms with Crippen molar-refractivity contribution in [2.75, 3.05) is 7.11 Å². The van der Waals surface area contributed by atoms with Gasteiger partial charge in [0.1, 0.15) is 24.1 Å². The molecule has 1 aliphatic heterocycles. The van der Waals surface area contributed by atoms with Crippen LogP contribution in [0.1, 0.15) is 6.23 Å². The van der Waals surface area contributed by atoms with Gasteiger partial charge in [0.05, 0.1) is 13.2 Å². The third kappa shape index (κ3) is 2.93. The van der Waals surface area contributed by atoms with E-state index in [4.69, 9.17) is 4.74 Å². The summed E-state index contributed by atoms with van der Waals surface area (Å²) in [5, 5.41) is 29.5. The van der Waals surface area contributed by atoms with Gasteiger partial charge in [-0.1, -0.05) is 0 Å². The number of aromatic nitrogens is 2. The first-order valence-electron chi connectivity index (χ1n) is 6.16. The van der Waals surface area contributed by atoms with Crippen molar-refractivity contribution in [2.45, 2.75) is 24.5 Å². The summed E-state index contributed by atoms with van der Waals surface area (Å²) >= 11 is 0. The highest BCUT2D eigenvalue weighted by Gasteiger charge is 2.46. The molecular weight excluding hydrogens is 300 g/mol. The third-order valence-corrected chi connectivity index (χ3v) is 3.12. The van der Waals surface area contributed by atoms with Crippen LogP contribution in [0.4, 0.5) is 0 Å². The normalized spacial score (nSPS) is 28.6. The summed E-state index contributed by atoms with van der Waals surface area (Å²) in [6.45, 7) is 0. The minimum Gasteiger partial charge on any atom is -0.509 e. The van der Waals surface area contributed by atoms with E-state index < -0.39 is 47.5 Å². The lowest BCUT2D eigenvalue weighted by atomic mass is 10.1. The second-order valence-electron chi connectivity index (χ2n) is 4.54. The average Bonchev–Trinajstić information content (AvgIpc) is 2.75. The zero-order valence-corrected chi connectivity index (χ0v) is 11.4. The number of nitrogens with one attached hydrogen (secondary N) is 1. The standard InChI is InChI=1S/C12H14N2O8/c1-21-7(17)4-5(15)10-8(18)9(19)11(22-10)14-3-2-6(16)13-12(14)20/h2-4,8-11,15,18-19H,1H3,(H,13,16,20)/b5-4+/t8-,9+,10+,11+/m0/s1. The van der Waals surface area contributed by atoms with Crippen molar-refractivity contribution in [3.63, 3.8) is 0 Å².